The summed E-state index contributed by atoms with van der Waals surface area (Å²) in [5, 5.41) is 19.3. The molecule has 0 aromatic heterocycles. The first-order valence-corrected chi connectivity index (χ1v) is 6.46. The molecule has 94 valence electrons. The molecule has 1 rings (SSSR count). The molecule has 0 unspecified atom stereocenters. The predicted molar refractivity (Wildman–Crippen MR) is 67.6 cm³/mol. The van der Waals surface area contributed by atoms with E-state index in [2.05, 4.69) is 0 Å². The minimum absolute atomic E-state index is 0.00416. The Morgan fingerprint density at radius 1 is 1.35 bits per heavy atom. The Balaban J connectivity index is 2.34. The van der Waals surface area contributed by atoms with Gasteiger partial charge in [-0.1, -0.05) is 12.1 Å². The molecule has 1 aromatic carbocycles. The van der Waals surface area contributed by atoms with Crippen LogP contribution in [0.5, 0.6) is 5.75 Å². The maximum absolute atomic E-state index is 10.7. The van der Waals surface area contributed by atoms with E-state index in [1.165, 1.54) is 6.07 Å². The van der Waals surface area contributed by atoms with Gasteiger partial charge in [0.25, 0.3) is 0 Å². The van der Waals surface area contributed by atoms with Crippen molar-refractivity contribution in [3.63, 3.8) is 0 Å². The minimum atomic E-state index is -0.449. The Labute approximate surface area is 104 Å². The zero-order chi connectivity index (χ0) is 12.5. The first-order chi connectivity index (χ1) is 8.25. The molecule has 5 nitrogen and oxygen atoms in total. The van der Waals surface area contributed by atoms with Crippen molar-refractivity contribution < 1.29 is 14.8 Å². The summed E-state index contributed by atoms with van der Waals surface area (Å²) in [5.41, 5.74) is -0.00416. The smallest absolute Gasteiger partial charge is 0.310 e. The van der Waals surface area contributed by atoms with Gasteiger partial charge in [-0.15, -0.1) is 0 Å². The lowest BCUT2D eigenvalue weighted by Gasteiger charge is -2.06. The number of benzene rings is 1. The molecule has 1 N–H and O–H groups in total. The van der Waals surface area contributed by atoms with Gasteiger partial charge in [0, 0.05) is 11.8 Å². The number of para-hydroxylation sites is 2. The Bertz CT molecular complexity index is 359. The van der Waals surface area contributed by atoms with Crippen LogP contribution in [0, 0.1) is 10.1 Å². The Morgan fingerprint density at radius 3 is 2.82 bits per heavy atom. The molecule has 0 aliphatic heterocycles. The van der Waals surface area contributed by atoms with Crippen LogP contribution in [0.2, 0.25) is 0 Å². The van der Waals surface area contributed by atoms with Crippen LogP contribution in [-0.2, 0) is 0 Å². The molecule has 0 atom stereocenters. The van der Waals surface area contributed by atoms with E-state index in [1.807, 2.05) is 0 Å². The Hall–Kier alpha value is -1.27. The van der Waals surface area contributed by atoms with Crippen molar-refractivity contribution in [2.45, 2.75) is 6.42 Å². The highest BCUT2D eigenvalue weighted by Gasteiger charge is 2.12. The zero-order valence-corrected chi connectivity index (χ0v) is 10.2. The number of ether oxygens (including phenoxy) is 1. The molecule has 0 radical (unpaired) electrons. The Morgan fingerprint density at radius 2 is 2.12 bits per heavy atom. The van der Waals surface area contributed by atoms with Crippen LogP contribution in [0.15, 0.2) is 24.3 Å². The average Bonchev–Trinajstić information content (AvgIpc) is 2.34. The van der Waals surface area contributed by atoms with Gasteiger partial charge in [-0.05, 0) is 18.2 Å². The summed E-state index contributed by atoms with van der Waals surface area (Å²) < 4.78 is 5.36. The van der Waals surface area contributed by atoms with Crippen LogP contribution in [0.4, 0.5) is 5.69 Å². The molecule has 0 saturated carbocycles. The summed E-state index contributed by atoms with van der Waals surface area (Å²) in [5.74, 6) is 1.90. The van der Waals surface area contributed by atoms with E-state index in [0.717, 1.165) is 12.2 Å². The third-order valence-electron chi connectivity index (χ3n) is 1.99. The predicted octanol–water partition coefficient (Wildman–Crippen LogP) is 2.09. The lowest BCUT2D eigenvalue weighted by Crippen LogP contribution is -2.02. The van der Waals surface area contributed by atoms with E-state index >= 15 is 0 Å². The van der Waals surface area contributed by atoms with Crippen LogP contribution in [0.3, 0.4) is 0 Å². The van der Waals surface area contributed by atoms with Gasteiger partial charge in [-0.3, -0.25) is 10.1 Å². The second kappa shape index (κ2) is 7.92. The highest BCUT2D eigenvalue weighted by molar-refractivity contribution is 7.99. The molecule has 0 aliphatic rings. The van der Waals surface area contributed by atoms with E-state index < -0.39 is 4.92 Å². The maximum atomic E-state index is 10.7. The third-order valence-corrected chi connectivity index (χ3v) is 3.04. The van der Waals surface area contributed by atoms with Gasteiger partial charge < -0.3 is 9.84 Å². The second-order valence-corrected chi connectivity index (χ2v) is 4.49. The number of nitro groups is 1. The fraction of sp³-hybridized carbons (Fsp3) is 0.455. The summed E-state index contributed by atoms with van der Waals surface area (Å²) in [6.07, 6.45) is 0.802. The van der Waals surface area contributed by atoms with Crippen molar-refractivity contribution in [2.24, 2.45) is 0 Å². The highest BCUT2D eigenvalue weighted by Crippen LogP contribution is 2.25. The van der Waals surface area contributed by atoms with Crippen LogP contribution >= 0.6 is 11.8 Å². The monoisotopic (exact) mass is 257 g/mol. The van der Waals surface area contributed by atoms with Gasteiger partial charge in [-0.2, -0.15) is 11.8 Å². The van der Waals surface area contributed by atoms with Gasteiger partial charge in [0.15, 0.2) is 5.75 Å². The number of rotatable bonds is 8. The fourth-order valence-electron chi connectivity index (χ4n) is 1.24. The first-order valence-electron chi connectivity index (χ1n) is 5.30. The average molecular weight is 257 g/mol. The molecule has 0 aliphatic carbocycles. The molecule has 0 heterocycles. The standard InChI is InChI=1S/C11H15NO4S/c13-6-9-17-8-3-7-16-11-5-2-1-4-10(11)12(14)15/h1-2,4-5,13H,3,6-9H2. The lowest BCUT2D eigenvalue weighted by atomic mass is 10.3. The van der Waals surface area contributed by atoms with Gasteiger partial charge in [0.1, 0.15) is 0 Å². The zero-order valence-electron chi connectivity index (χ0n) is 9.37. The molecule has 0 amide bonds. The van der Waals surface area contributed by atoms with E-state index in [4.69, 9.17) is 9.84 Å². The van der Waals surface area contributed by atoms with Gasteiger partial charge >= 0.3 is 5.69 Å². The molecule has 0 bridgehead atoms. The number of aliphatic hydroxyl groups is 1. The van der Waals surface area contributed by atoms with Crippen molar-refractivity contribution in [1.82, 2.24) is 0 Å². The van der Waals surface area contributed by atoms with Crippen LogP contribution < -0.4 is 4.74 Å². The quantitative estimate of drug-likeness (QED) is 0.438. The van der Waals surface area contributed by atoms with Crippen molar-refractivity contribution >= 4 is 17.4 Å². The topological polar surface area (TPSA) is 72.6 Å². The molecule has 0 spiro atoms. The molecular formula is C11H15NO4S. The molecule has 0 saturated heterocycles. The van der Waals surface area contributed by atoms with Gasteiger partial charge in [0.2, 0.25) is 0 Å². The van der Waals surface area contributed by atoms with E-state index in [9.17, 15) is 10.1 Å². The summed E-state index contributed by atoms with van der Waals surface area (Å²) >= 11 is 1.64. The van der Waals surface area contributed by atoms with Gasteiger partial charge in [-0.25, -0.2) is 0 Å². The van der Waals surface area contributed by atoms with Crippen LogP contribution in [0.1, 0.15) is 6.42 Å². The van der Waals surface area contributed by atoms with Crippen molar-refractivity contribution in [3.05, 3.63) is 34.4 Å². The number of hydrogen-bond donors (Lipinski definition) is 1. The Kier molecular flexibility index (Phi) is 6.42. The number of hydrogen-bond acceptors (Lipinski definition) is 5. The fourth-order valence-corrected chi connectivity index (χ4v) is 1.89. The summed E-state index contributed by atoms with van der Waals surface area (Å²) in [6, 6.07) is 6.35. The van der Waals surface area contributed by atoms with E-state index in [0.29, 0.717) is 18.1 Å². The largest absolute Gasteiger partial charge is 0.487 e. The molecule has 0 fully saturated rings. The lowest BCUT2D eigenvalue weighted by molar-refractivity contribution is -0.385. The van der Waals surface area contributed by atoms with E-state index in [-0.39, 0.29) is 12.3 Å². The van der Waals surface area contributed by atoms with E-state index in [1.54, 1.807) is 30.0 Å². The van der Waals surface area contributed by atoms with Crippen LogP contribution in [-0.4, -0.2) is 34.7 Å². The number of nitro benzene ring substituents is 1. The molecule has 6 heteroatoms. The third kappa shape index (κ3) is 5.06. The first kappa shape index (κ1) is 13.8. The molecule has 1 aromatic rings. The van der Waals surface area contributed by atoms with Crippen molar-refractivity contribution in [1.29, 1.82) is 0 Å². The number of aliphatic hydroxyl groups excluding tert-OH is 1. The normalized spacial score (nSPS) is 10.2. The maximum Gasteiger partial charge on any atom is 0.310 e. The summed E-state index contributed by atoms with van der Waals surface area (Å²) in [4.78, 5) is 10.2. The summed E-state index contributed by atoms with van der Waals surface area (Å²) in [6.45, 7) is 0.624. The van der Waals surface area contributed by atoms with Gasteiger partial charge in [0.05, 0.1) is 18.1 Å². The highest BCUT2D eigenvalue weighted by atomic mass is 32.2. The number of thioether (sulfide) groups is 1. The molecule has 17 heavy (non-hydrogen) atoms. The van der Waals surface area contributed by atoms with Crippen LogP contribution in [0.25, 0.3) is 0 Å². The summed E-state index contributed by atoms with van der Waals surface area (Å²) in [7, 11) is 0. The number of nitrogens with zero attached hydrogens (tertiary/aromatic N) is 1. The second-order valence-electron chi connectivity index (χ2n) is 3.26. The minimum Gasteiger partial charge on any atom is -0.487 e. The SMILES string of the molecule is O=[N+]([O-])c1ccccc1OCCCSCCO. The van der Waals surface area contributed by atoms with Crippen molar-refractivity contribution in [2.75, 3.05) is 24.7 Å². The molecular weight excluding hydrogens is 242 g/mol. The van der Waals surface area contributed by atoms with Crippen molar-refractivity contribution in [3.8, 4) is 5.75 Å².